The van der Waals surface area contributed by atoms with E-state index in [0.29, 0.717) is 0 Å². The van der Waals surface area contributed by atoms with Crippen molar-refractivity contribution in [3.05, 3.63) is 151 Å². The molecule has 9 rings (SSSR count). The quantitative estimate of drug-likeness (QED) is 0.203. The Morgan fingerprint density at radius 2 is 1.16 bits per heavy atom. The number of hydrogen-bond donors (Lipinski definition) is 0. The zero-order valence-electron chi connectivity index (χ0n) is 24.1. The number of anilines is 3. The van der Waals surface area contributed by atoms with Gasteiger partial charge in [0.05, 0.1) is 0 Å². The van der Waals surface area contributed by atoms with Gasteiger partial charge in [-0.3, -0.25) is 0 Å². The standard InChI is InChI=1S/C41H29NO/c1-41(2)36-23-22-34-33-14-8-9-15-38(33)43-40(34)39(36)35-21-19-30(25-37(35)41)42(28-11-4-3-5-12-28)29-18-20-32-27(24-29)17-16-26-10-6-7-13-31(26)32/h3-25H,1-2H3. The van der Waals surface area contributed by atoms with E-state index in [1.54, 1.807) is 0 Å². The molecule has 2 heteroatoms. The van der Waals surface area contributed by atoms with Crippen LogP contribution < -0.4 is 4.90 Å². The van der Waals surface area contributed by atoms with Gasteiger partial charge in [0.25, 0.3) is 0 Å². The molecule has 0 saturated carbocycles. The molecular formula is C41H29NO. The summed E-state index contributed by atoms with van der Waals surface area (Å²) >= 11 is 0. The van der Waals surface area contributed by atoms with E-state index in [1.165, 1.54) is 54.6 Å². The van der Waals surface area contributed by atoms with Gasteiger partial charge in [0.15, 0.2) is 0 Å². The van der Waals surface area contributed by atoms with Crippen LogP contribution in [0.1, 0.15) is 25.0 Å². The Hall–Kier alpha value is -5.34. The van der Waals surface area contributed by atoms with E-state index in [9.17, 15) is 0 Å². The van der Waals surface area contributed by atoms with Crippen molar-refractivity contribution in [1.29, 1.82) is 0 Å². The molecule has 1 aliphatic rings. The Morgan fingerprint density at radius 1 is 0.488 bits per heavy atom. The second kappa shape index (κ2) is 8.83. The molecule has 2 nitrogen and oxygen atoms in total. The number of para-hydroxylation sites is 2. The van der Waals surface area contributed by atoms with Gasteiger partial charge in [-0.15, -0.1) is 0 Å². The topological polar surface area (TPSA) is 16.4 Å². The predicted molar refractivity (Wildman–Crippen MR) is 181 cm³/mol. The van der Waals surface area contributed by atoms with Crippen LogP contribution in [0, 0.1) is 0 Å². The van der Waals surface area contributed by atoms with Gasteiger partial charge in [0.1, 0.15) is 11.2 Å². The summed E-state index contributed by atoms with van der Waals surface area (Å²) in [5.41, 5.74) is 10.3. The third-order valence-corrected chi connectivity index (χ3v) is 9.43. The van der Waals surface area contributed by atoms with E-state index in [0.717, 1.165) is 28.2 Å². The van der Waals surface area contributed by atoms with Gasteiger partial charge in [-0.05, 0) is 80.7 Å². The molecule has 0 amide bonds. The number of furan rings is 1. The molecule has 0 spiro atoms. The minimum Gasteiger partial charge on any atom is -0.455 e. The lowest BCUT2D eigenvalue weighted by Gasteiger charge is -2.28. The van der Waals surface area contributed by atoms with Crippen LogP contribution in [-0.2, 0) is 5.41 Å². The summed E-state index contributed by atoms with van der Waals surface area (Å²) in [6.07, 6.45) is 0. The molecule has 1 heterocycles. The first-order valence-corrected chi connectivity index (χ1v) is 14.9. The van der Waals surface area contributed by atoms with Gasteiger partial charge >= 0.3 is 0 Å². The van der Waals surface area contributed by atoms with Crippen LogP contribution in [0.25, 0.3) is 54.6 Å². The predicted octanol–water partition coefficient (Wildman–Crippen LogP) is 11.7. The maximum absolute atomic E-state index is 6.52. The summed E-state index contributed by atoms with van der Waals surface area (Å²) in [6.45, 7) is 4.67. The van der Waals surface area contributed by atoms with Gasteiger partial charge in [-0.2, -0.15) is 0 Å². The van der Waals surface area contributed by atoms with Gasteiger partial charge in [0, 0.05) is 38.8 Å². The average Bonchev–Trinajstić information content (AvgIpc) is 3.54. The summed E-state index contributed by atoms with van der Waals surface area (Å²) in [6, 6.07) is 50.5. The highest BCUT2D eigenvalue weighted by molar-refractivity contribution is 6.12. The zero-order valence-corrected chi connectivity index (χ0v) is 24.1. The van der Waals surface area contributed by atoms with Crippen molar-refractivity contribution in [3.8, 4) is 11.1 Å². The third kappa shape index (κ3) is 3.47. The SMILES string of the molecule is CC1(C)c2cc(N(c3ccccc3)c3ccc4c(ccc5ccccc54)c3)ccc2-c2c1ccc1c2oc2ccccc21. The molecular weight excluding hydrogens is 522 g/mol. The smallest absolute Gasteiger partial charge is 0.143 e. The molecule has 0 bridgehead atoms. The zero-order chi connectivity index (χ0) is 28.7. The Balaban J connectivity index is 1.25. The number of hydrogen-bond acceptors (Lipinski definition) is 2. The normalized spacial score (nSPS) is 13.5. The Morgan fingerprint density at radius 3 is 2.05 bits per heavy atom. The summed E-state index contributed by atoms with van der Waals surface area (Å²) in [5, 5.41) is 7.40. The van der Waals surface area contributed by atoms with Crippen molar-refractivity contribution >= 4 is 60.5 Å². The van der Waals surface area contributed by atoms with Crippen molar-refractivity contribution in [2.24, 2.45) is 0 Å². The fourth-order valence-electron chi connectivity index (χ4n) is 7.29. The van der Waals surface area contributed by atoms with Crippen molar-refractivity contribution in [1.82, 2.24) is 0 Å². The Bertz CT molecular complexity index is 2380. The van der Waals surface area contributed by atoms with Gasteiger partial charge < -0.3 is 9.32 Å². The van der Waals surface area contributed by atoms with Gasteiger partial charge in [-0.1, -0.05) is 111 Å². The highest BCUT2D eigenvalue weighted by atomic mass is 16.3. The first kappa shape index (κ1) is 24.3. The van der Waals surface area contributed by atoms with Gasteiger partial charge in [-0.25, -0.2) is 0 Å². The Kier molecular flexibility index (Phi) is 4.99. The van der Waals surface area contributed by atoms with Crippen molar-refractivity contribution < 1.29 is 4.42 Å². The lowest BCUT2D eigenvalue weighted by molar-refractivity contribution is 0.653. The van der Waals surface area contributed by atoms with E-state index in [2.05, 4.69) is 152 Å². The van der Waals surface area contributed by atoms with E-state index < -0.39 is 0 Å². The largest absolute Gasteiger partial charge is 0.455 e. The molecule has 0 unspecified atom stereocenters. The highest BCUT2D eigenvalue weighted by Gasteiger charge is 2.38. The minimum atomic E-state index is -0.168. The summed E-state index contributed by atoms with van der Waals surface area (Å²) in [4.78, 5) is 2.38. The molecule has 43 heavy (non-hydrogen) atoms. The number of benzene rings is 7. The summed E-state index contributed by atoms with van der Waals surface area (Å²) in [7, 11) is 0. The average molecular weight is 552 g/mol. The molecule has 0 aliphatic heterocycles. The van der Waals surface area contributed by atoms with Crippen molar-refractivity contribution in [3.63, 3.8) is 0 Å². The molecule has 7 aromatic carbocycles. The molecule has 204 valence electrons. The van der Waals surface area contributed by atoms with Crippen LogP contribution >= 0.6 is 0 Å². The molecule has 0 radical (unpaired) electrons. The lowest BCUT2D eigenvalue weighted by Crippen LogP contribution is -2.16. The maximum atomic E-state index is 6.52. The van der Waals surface area contributed by atoms with Crippen LogP contribution in [0.5, 0.6) is 0 Å². The third-order valence-electron chi connectivity index (χ3n) is 9.43. The van der Waals surface area contributed by atoms with E-state index in [-0.39, 0.29) is 5.41 Å². The summed E-state index contributed by atoms with van der Waals surface area (Å²) < 4.78 is 6.52. The van der Waals surface area contributed by atoms with E-state index in [1.807, 2.05) is 6.07 Å². The fraction of sp³-hybridized carbons (Fsp3) is 0.0732. The maximum Gasteiger partial charge on any atom is 0.143 e. The van der Waals surface area contributed by atoms with Crippen LogP contribution in [0.2, 0.25) is 0 Å². The summed E-state index contributed by atoms with van der Waals surface area (Å²) in [5.74, 6) is 0. The highest BCUT2D eigenvalue weighted by Crippen LogP contribution is 2.54. The molecule has 0 atom stereocenters. The molecule has 8 aromatic rings. The van der Waals surface area contributed by atoms with Crippen LogP contribution in [-0.4, -0.2) is 0 Å². The molecule has 1 aliphatic carbocycles. The van der Waals surface area contributed by atoms with Crippen LogP contribution in [0.4, 0.5) is 17.1 Å². The lowest BCUT2D eigenvalue weighted by atomic mass is 9.82. The second-order valence-corrected chi connectivity index (χ2v) is 12.2. The van der Waals surface area contributed by atoms with E-state index >= 15 is 0 Å². The van der Waals surface area contributed by atoms with E-state index in [4.69, 9.17) is 4.42 Å². The second-order valence-electron chi connectivity index (χ2n) is 12.2. The van der Waals surface area contributed by atoms with Crippen molar-refractivity contribution in [2.75, 3.05) is 4.90 Å². The monoisotopic (exact) mass is 551 g/mol. The first-order valence-electron chi connectivity index (χ1n) is 14.9. The van der Waals surface area contributed by atoms with Crippen molar-refractivity contribution in [2.45, 2.75) is 19.3 Å². The number of rotatable bonds is 3. The van der Waals surface area contributed by atoms with Crippen LogP contribution in [0.15, 0.2) is 144 Å². The minimum absolute atomic E-state index is 0.168. The first-order chi connectivity index (χ1) is 21.1. The number of fused-ring (bicyclic) bond motifs is 10. The molecule has 0 N–H and O–H groups in total. The number of nitrogens with zero attached hydrogens (tertiary/aromatic N) is 1. The molecule has 0 fully saturated rings. The molecule has 1 aromatic heterocycles. The van der Waals surface area contributed by atoms with Crippen LogP contribution in [0.3, 0.4) is 0 Å². The Labute approximate surface area is 250 Å². The molecule has 0 saturated heterocycles. The fourth-order valence-corrected chi connectivity index (χ4v) is 7.29. The van der Waals surface area contributed by atoms with Gasteiger partial charge in [0.2, 0.25) is 0 Å².